The number of nitrogens with zero attached hydrogens (tertiary/aromatic N) is 2. The highest BCUT2D eigenvalue weighted by atomic mass is 32.1. The largest absolute Gasteiger partial charge is 0.311 e. The molecule has 114 valence electrons. The molecule has 1 aromatic heterocycles. The Hall–Kier alpha value is -0.450. The fourth-order valence-corrected chi connectivity index (χ4v) is 3.53. The van der Waals surface area contributed by atoms with Gasteiger partial charge in [-0.3, -0.25) is 4.90 Å². The summed E-state index contributed by atoms with van der Waals surface area (Å²) in [6.07, 6.45) is 1.07. The van der Waals surface area contributed by atoms with Gasteiger partial charge in [0.2, 0.25) is 0 Å². The number of hydrogen-bond acceptors (Lipinski definition) is 4. The lowest BCUT2D eigenvalue weighted by molar-refractivity contribution is 0.0641. The predicted octanol–water partition coefficient (Wildman–Crippen LogP) is 3.03. The van der Waals surface area contributed by atoms with Crippen LogP contribution in [0.4, 0.5) is 0 Å². The Balaban J connectivity index is 1.99. The lowest BCUT2D eigenvalue weighted by Crippen LogP contribution is -2.61. The van der Waals surface area contributed by atoms with Crippen molar-refractivity contribution in [3.8, 4) is 0 Å². The quantitative estimate of drug-likeness (QED) is 0.925. The molecule has 1 aliphatic heterocycles. The van der Waals surface area contributed by atoms with Crippen LogP contribution in [0, 0.1) is 11.3 Å². The highest BCUT2D eigenvalue weighted by Gasteiger charge is 2.34. The lowest BCUT2D eigenvalue weighted by Gasteiger charge is -2.46. The molecule has 3 nitrogen and oxygen atoms in total. The van der Waals surface area contributed by atoms with Gasteiger partial charge in [-0.2, -0.15) is 0 Å². The maximum atomic E-state index is 4.41. The fourth-order valence-electron chi connectivity index (χ4n) is 2.94. The molecule has 1 fully saturated rings. The minimum atomic E-state index is 0.320. The Morgan fingerprint density at radius 3 is 2.75 bits per heavy atom. The van der Waals surface area contributed by atoms with Crippen molar-refractivity contribution in [3.05, 3.63) is 16.6 Å². The molecule has 0 spiro atoms. The summed E-state index contributed by atoms with van der Waals surface area (Å²) in [6.45, 7) is 15.0. The van der Waals surface area contributed by atoms with Crippen LogP contribution in [-0.2, 0) is 6.42 Å². The number of thiazole rings is 1. The van der Waals surface area contributed by atoms with E-state index in [1.165, 1.54) is 5.69 Å². The zero-order chi connectivity index (χ0) is 14.8. The second-order valence-corrected chi connectivity index (χ2v) is 8.08. The normalized spacial score (nSPS) is 25.3. The first-order chi connectivity index (χ1) is 9.38. The molecule has 0 aliphatic carbocycles. The van der Waals surface area contributed by atoms with Gasteiger partial charge in [-0.15, -0.1) is 11.3 Å². The van der Waals surface area contributed by atoms with E-state index in [4.69, 9.17) is 0 Å². The van der Waals surface area contributed by atoms with Crippen LogP contribution in [0.15, 0.2) is 10.9 Å². The van der Waals surface area contributed by atoms with Gasteiger partial charge in [0, 0.05) is 43.5 Å². The van der Waals surface area contributed by atoms with Crippen LogP contribution in [0.2, 0.25) is 0 Å². The molecule has 2 rings (SSSR count). The van der Waals surface area contributed by atoms with Crippen molar-refractivity contribution in [2.45, 2.75) is 53.1 Å². The first-order valence-electron chi connectivity index (χ1n) is 7.72. The van der Waals surface area contributed by atoms with Gasteiger partial charge in [-0.05, 0) is 11.3 Å². The van der Waals surface area contributed by atoms with Gasteiger partial charge in [-0.25, -0.2) is 4.98 Å². The Bertz CT molecular complexity index is 394. The topological polar surface area (TPSA) is 28.2 Å². The van der Waals surface area contributed by atoms with Crippen molar-refractivity contribution in [1.82, 2.24) is 15.2 Å². The SMILES string of the molecule is CC(C)C1CNC(C(C)(C)C)CN1CCc1cscn1. The number of aromatic nitrogens is 1. The van der Waals surface area contributed by atoms with Crippen LogP contribution in [0.1, 0.15) is 40.3 Å². The van der Waals surface area contributed by atoms with Gasteiger partial charge >= 0.3 is 0 Å². The fraction of sp³-hybridized carbons (Fsp3) is 0.812. The van der Waals surface area contributed by atoms with Gasteiger partial charge in [-0.1, -0.05) is 34.6 Å². The van der Waals surface area contributed by atoms with Crippen molar-refractivity contribution >= 4 is 11.3 Å². The lowest BCUT2D eigenvalue weighted by atomic mass is 9.83. The Morgan fingerprint density at radius 1 is 1.45 bits per heavy atom. The molecule has 0 bridgehead atoms. The highest BCUT2D eigenvalue weighted by Crippen LogP contribution is 2.25. The molecule has 0 amide bonds. The molecule has 1 aromatic rings. The molecule has 1 saturated heterocycles. The monoisotopic (exact) mass is 295 g/mol. The van der Waals surface area contributed by atoms with E-state index in [0.717, 1.165) is 26.1 Å². The van der Waals surface area contributed by atoms with Crippen LogP contribution in [0.25, 0.3) is 0 Å². The summed E-state index contributed by atoms with van der Waals surface area (Å²) in [6, 6.07) is 1.22. The predicted molar refractivity (Wildman–Crippen MR) is 87.3 cm³/mol. The number of hydrogen-bond donors (Lipinski definition) is 1. The average molecular weight is 295 g/mol. The maximum absolute atomic E-state index is 4.41. The molecule has 4 heteroatoms. The molecule has 2 unspecified atom stereocenters. The van der Waals surface area contributed by atoms with Gasteiger partial charge in [0.15, 0.2) is 0 Å². The summed E-state index contributed by atoms with van der Waals surface area (Å²) in [5.74, 6) is 0.693. The van der Waals surface area contributed by atoms with Crippen molar-refractivity contribution in [1.29, 1.82) is 0 Å². The van der Waals surface area contributed by atoms with E-state index in [0.29, 0.717) is 23.4 Å². The van der Waals surface area contributed by atoms with Gasteiger partial charge in [0.25, 0.3) is 0 Å². The maximum Gasteiger partial charge on any atom is 0.0794 e. The molecule has 1 aliphatic rings. The molecule has 2 heterocycles. The molecule has 0 saturated carbocycles. The zero-order valence-electron chi connectivity index (χ0n) is 13.5. The third kappa shape index (κ3) is 4.03. The first kappa shape index (κ1) is 15.9. The van der Waals surface area contributed by atoms with Crippen LogP contribution >= 0.6 is 11.3 Å². The Labute approximate surface area is 127 Å². The summed E-state index contributed by atoms with van der Waals surface area (Å²) in [5.41, 5.74) is 3.49. The van der Waals surface area contributed by atoms with E-state index < -0.39 is 0 Å². The molecular formula is C16H29N3S. The third-order valence-corrected chi connectivity index (χ3v) is 5.05. The van der Waals surface area contributed by atoms with Crippen LogP contribution < -0.4 is 5.32 Å². The van der Waals surface area contributed by atoms with Crippen molar-refractivity contribution in [2.75, 3.05) is 19.6 Å². The zero-order valence-corrected chi connectivity index (χ0v) is 14.3. The Kier molecular flexibility index (Phi) is 5.21. The van der Waals surface area contributed by atoms with E-state index in [1.54, 1.807) is 11.3 Å². The van der Waals surface area contributed by atoms with Gasteiger partial charge in [0.1, 0.15) is 0 Å². The molecular weight excluding hydrogens is 266 g/mol. The van der Waals surface area contributed by atoms with Crippen molar-refractivity contribution < 1.29 is 0 Å². The van der Waals surface area contributed by atoms with E-state index in [2.05, 4.69) is 55.2 Å². The minimum absolute atomic E-state index is 0.320. The van der Waals surface area contributed by atoms with Gasteiger partial charge < -0.3 is 5.32 Å². The standard InChI is InChI=1S/C16H29N3S/c1-12(2)14-8-17-15(16(3,4)5)9-19(14)7-6-13-10-20-11-18-13/h10-12,14-15,17H,6-9H2,1-5H3. The second kappa shape index (κ2) is 6.54. The molecule has 0 radical (unpaired) electrons. The van der Waals surface area contributed by atoms with Crippen LogP contribution in [0.3, 0.4) is 0 Å². The van der Waals surface area contributed by atoms with E-state index in [-0.39, 0.29) is 0 Å². The summed E-state index contributed by atoms with van der Waals surface area (Å²) in [7, 11) is 0. The molecule has 20 heavy (non-hydrogen) atoms. The minimum Gasteiger partial charge on any atom is -0.311 e. The van der Waals surface area contributed by atoms with E-state index in [9.17, 15) is 0 Å². The third-order valence-electron chi connectivity index (χ3n) is 4.41. The summed E-state index contributed by atoms with van der Waals surface area (Å²) >= 11 is 1.70. The van der Waals surface area contributed by atoms with E-state index in [1.807, 2.05) is 5.51 Å². The summed E-state index contributed by atoms with van der Waals surface area (Å²) in [5, 5.41) is 5.93. The Morgan fingerprint density at radius 2 is 2.20 bits per heavy atom. The first-order valence-corrected chi connectivity index (χ1v) is 8.66. The smallest absolute Gasteiger partial charge is 0.0794 e. The molecule has 1 N–H and O–H groups in total. The van der Waals surface area contributed by atoms with Crippen molar-refractivity contribution in [3.63, 3.8) is 0 Å². The number of nitrogens with one attached hydrogen (secondary N) is 1. The molecule has 2 atom stereocenters. The van der Waals surface area contributed by atoms with Gasteiger partial charge in [0.05, 0.1) is 11.2 Å². The highest BCUT2D eigenvalue weighted by molar-refractivity contribution is 7.07. The summed E-state index contributed by atoms with van der Waals surface area (Å²) in [4.78, 5) is 7.09. The molecule has 0 aromatic carbocycles. The number of rotatable bonds is 4. The van der Waals surface area contributed by atoms with Crippen molar-refractivity contribution in [2.24, 2.45) is 11.3 Å². The summed E-state index contributed by atoms with van der Waals surface area (Å²) < 4.78 is 0. The van der Waals surface area contributed by atoms with Crippen LogP contribution in [0.5, 0.6) is 0 Å². The number of piperazine rings is 1. The average Bonchev–Trinajstić information content (AvgIpc) is 2.87. The van der Waals surface area contributed by atoms with Crippen LogP contribution in [-0.4, -0.2) is 41.6 Å². The van der Waals surface area contributed by atoms with E-state index >= 15 is 0 Å². The second-order valence-electron chi connectivity index (χ2n) is 7.36.